The molecule has 1 saturated carbocycles. The second kappa shape index (κ2) is 21.4. The fourth-order valence-electron chi connectivity index (χ4n) is 8.76. The van der Waals surface area contributed by atoms with Crippen molar-refractivity contribution in [2.45, 2.75) is 176 Å². The Morgan fingerprint density at radius 2 is 1.42 bits per heavy atom. The first-order valence-corrected chi connectivity index (χ1v) is 20.5. The van der Waals surface area contributed by atoms with E-state index in [0.29, 0.717) is 25.3 Å². The lowest BCUT2D eigenvalue weighted by Gasteiger charge is -2.44. The van der Waals surface area contributed by atoms with Crippen molar-refractivity contribution < 1.29 is 19.1 Å². The van der Waals surface area contributed by atoms with Gasteiger partial charge in [0.25, 0.3) is 0 Å². The van der Waals surface area contributed by atoms with Crippen molar-refractivity contribution >= 4 is 11.9 Å². The molecule has 3 aliphatic rings. The maximum absolute atomic E-state index is 12.9. The lowest BCUT2D eigenvalue weighted by atomic mass is 9.62. The van der Waals surface area contributed by atoms with Gasteiger partial charge in [-0.3, -0.25) is 15.4 Å². The highest BCUT2D eigenvalue weighted by molar-refractivity contribution is 5.98. The van der Waals surface area contributed by atoms with E-state index in [1.165, 1.54) is 69.8 Å². The summed E-state index contributed by atoms with van der Waals surface area (Å²) in [7, 11) is 0. The fourth-order valence-corrected chi connectivity index (χ4v) is 8.76. The molecule has 1 aliphatic carbocycles. The fraction of sp³-hybridized carbons (Fsp3) is 0.814. The lowest BCUT2D eigenvalue weighted by molar-refractivity contribution is -0.126. The molecule has 2 aliphatic heterocycles. The molecule has 2 N–H and O–H groups in total. The van der Waals surface area contributed by atoms with Gasteiger partial charge in [0.15, 0.2) is 0 Å². The second-order valence-corrected chi connectivity index (χ2v) is 16.5. The molecular formula is C43H75N3O4. The molecule has 3 amide bonds. The SMILES string of the molecule is C=C(C)CCC(=C)OC1[C@@H](CC)N[C@@H](N2CC(C)C(=O)NC2=O)[C@H]1OCCCCCCCC(=C)CCCCCC1C[C@H](CC)[C@H](C)[C@H](C)[C@@H]1C. The first-order chi connectivity index (χ1) is 23.9. The van der Waals surface area contributed by atoms with Crippen LogP contribution in [0.1, 0.15) is 151 Å². The number of nitrogens with one attached hydrogen (secondary N) is 2. The van der Waals surface area contributed by atoms with Crippen molar-refractivity contribution in [2.75, 3.05) is 13.2 Å². The largest absolute Gasteiger partial charge is 0.491 e. The number of carbonyl (C=O) groups is 2. The normalized spacial score (nSPS) is 31.5. The molecule has 50 heavy (non-hydrogen) atoms. The number of ether oxygens (including phenoxy) is 2. The summed E-state index contributed by atoms with van der Waals surface area (Å²) in [6.07, 6.45) is 17.5. The van der Waals surface area contributed by atoms with E-state index in [4.69, 9.17) is 9.47 Å². The smallest absolute Gasteiger partial charge is 0.325 e. The number of nitrogens with zero attached hydrogens (tertiary/aromatic N) is 1. The standard InChI is InChI=1S/C43H75N3O4/c1-11-36-27-37(35(10)33(8)34(36)9)23-19-16-18-22-30(5)21-17-14-13-15-20-26-49-40-39(50-32(7)25-24-29(3)4)38(12-2)44-41(40)46-28-31(6)42(47)45-43(46)48/h31,33-41,44H,3,5,7,11-28H2,1-2,4,6,8-10H3,(H,45,47,48)/t31?,33-,34+,35-,36-,37?,38+,39?,40-,41-/m0/s1. The highest BCUT2D eigenvalue weighted by atomic mass is 16.5. The average Bonchev–Trinajstić information content (AvgIpc) is 3.42. The Labute approximate surface area is 306 Å². The number of amides is 3. The minimum Gasteiger partial charge on any atom is -0.491 e. The van der Waals surface area contributed by atoms with Gasteiger partial charge >= 0.3 is 6.03 Å². The molecule has 2 saturated heterocycles. The third-order valence-corrected chi connectivity index (χ3v) is 12.6. The molecule has 0 aromatic rings. The van der Waals surface area contributed by atoms with Crippen molar-refractivity contribution in [1.29, 1.82) is 0 Å². The van der Waals surface area contributed by atoms with E-state index < -0.39 is 0 Å². The molecule has 3 fully saturated rings. The number of unbranched alkanes of at least 4 members (excludes halogenated alkanes) is 6. The topological polar surface area (TPSA) is 79.9 Å². The molecule has 0 radical (unpaired) electrons. The Morgan fingerprint density at radius 3 is 2.08 bits per heavy atom. The minimum absolute atomic E-state index is 0.00212. The Kier molecular flexibility index (Phi) is 18.1. The summed E-state index contributed by atoms with van der Waals surface area (Å²) in [5.41, 5.74) is 2.51. The van der Waals surface area contributed by atoms with Crippen LogP contribution in [-0.2, 0) is 14.3 Å². The first kappa shape index (κ1) is 42.3. The summed E-state index contributed by atoms with van der Waals surface area (Å²) >= 11 is 0. The molecule has 0 aromatic carbocycles. The second-order valence-electron chi connectivity index (χ2n) is 16.5. The van der Waals surface area contributed by atoms with Crippen molar-refractivity contribution in [3.8, 4) is 0 Å². The van der Waals surface area contributed by atoms with Gasteiger partial charge in [0, 0.05) is 25.6 Å². The minimum atomic E-state index is -0.378. The predicted molar refractivity (Wildman–Crippen MR) is 208 cm³/mol. The van der Waals surface area contributed by atoms with Crippen LogP contribution in [0.2, 0.25) is 0 Å². The van der Waals surface area contributed by atoms with Crippen LogP contribution < -0.4 is 10.6 Å². The Bertz CT molecular complexity index is 1100. The summed E-state index contributed by atoms with van der Waals surface area (Å²) in [6.45, 7) is 29.4. The van der Waals surface area contributed by atoms with Crippen molar-refractivity contribution in [3.63, 3.8) is 0 Å². The summed E-state index contributed by atoms with van der Waals surface area (Å²) in [6, 6.07) is -0.372. The van der Waals surface area contributed by atoms with Crippen LogP contribution in [0.25, 0.3) is 0 Å². The van der Waals surface area contributed by atoms with Gasteiger partial charge in [-0.2, -0.15) is 0 Å². The van der Waals surface area contributed by atoms with Crippen LogP contribution in [0, 0.1) is 35.5 Å². The van der Waals surface area contributed by atoms with Gasteiger partial charge < -0.3 is 14.4 Å². The Balaban J connectivity index is 1.35. The molecular weight excluding hydrogens is 622 g/mol. The van der Waals surface area contributed by atoms with E-state index in [-0.39, 0.29) is 42.3 Å². The Hall–Kier alpha value is -2.12. The van der Waals surface area contributed by atoms with Crippen LogP contribution >= 0.6 is 0 Å². The monoisotopic (exact) mass is 698 g/mol. The van der Waals surface area contributed by atoms with Crippen molar-refractivity contribution in [3.05, 3.63) is 36.6 Å². The van der Waals surface area contributed by atoms with E-state index in [9.17, 15) is 9.59 Å². The van der Waals surface area contributed by atoms with Crippen LogP contribution in [0.15, 0.2) is 36.6 Å². The Morgan fingerprint density at radius 1 is 0.780 bits per heavy atom. The van der Waals surface area contributed by atoms with Gasteiger partial charge in [0.1, 0.15) is 18.4 Å². The predicted octanol–water partition coefficient (Wildman–Crippen LogP) is 10.3. The lowest BCUT2D eigenvalue weighted by Crippen LogP contribution is -2.62. The molecule has 7 nitrogen and oxygen atoms in total. The zero-order chi connectivity index (χ0) is 36.8. The van der Waals surface area contributed by atoms with E-state index in [1.807, 2.05) is 13.8 Å². The molecule has 0 aromatic heterocycles. The highest BCUT2D eigenvalue weighted by Crippen LogP contribution is 2.45. The van der Waals surface area contributed by atoms with Gasteiger partial charge in [-0.05, 0) is 87.9 Å². The molecule has 0 spiro atoms. The third-order valence-electron chi connectivity index (χ3n) is 12.6. The summed E-state index contributed by atoms with van der Waals surface area (Å²) < 4.78 is 13.0. The number of imide groups is 1. The van der Waals surface area contributed by atoms with Crippen LogP contribution in [0.3, 0.4) is 0 Å². The van der Waals surface area contributed by atoms with Gasteiger partial charge in [-0.1, -0.05) is 111 Å². The zero-order valence-electron chi connectivity index (χ0n) is 33.2. The number of carbonyl (C=O) groups excluding carboxylic acids is 2. The molecule has 7 heteroatoms. The summed E-state index contributed by atoms with van der Waals surface area (Å²) in [5, 5.41) is 6.12. The molecule has 286 valence electrons. The molecule has 10 atom stereocenters. The summed E-state index contributed by atoms with van der Waals surface area (Å²) in [5.74, 6) is 4.65. The highest BCUT2D eigenvalue weighted by Gasteiger charge is 2.50. The molecule has 3 rings (SSSR count). The van der Waals surface area contributed by atoms with Crippen LogP contribution in [0.4, 0.5) is 4.79 Å². The zero-order valence-corrected chi connectivity index (χ0v) is 33.2. The molecule has 3 unspecified atom stereocenters. The number of allylic oxidation sites excluding steroid dienone is 3. The van der Waals surface area contributed by atoms with Gasteiger partial charge in [0.2, 0.25) is 5.91 Å². The van der Waals surface area contributed by atoms with Gasteiger partial charge in [-0.25, -0.2) is 4.79 Å². The van der Waals surface area contributed by atoms with E-state index in [1.54, 1.807) is 4.90 Å². The third kappa shape index (κ3) is 12.5. The average molecular weight is 698 g/mol. The van der Waals surface area contributed by atoms with E-state index in [0.717, 1.165) is 67.3 Å². The van der Waals surface area contributed by atoms with Crippen molar-refractivity contribution in [1.82, 2.24) is 15.5 Å². The number of hydrogen-bond donors (Lipinski definition) is 2. The number of hydrogen-bond acceptors (Lipinski definition) is 5. The van der Waals surface area contributed by atoms with Crippen molar-refractivity contribution in [2.24, 2.45) is 35.5 Å². The quantitative estimate of drug-likeness (QED) is 0.0631. The maximum Gasteiger partial charge on any atom is 0.325 e. The number of urea groups is 1. The maximum atomic E-state index is 12.9. The molecule has 0 bridgehead atoms. The van der Waals surface area contributed by atoms with Crippen LogP contribution in [0.5, 0.6) is 0 Å². The van der Waals surface area contributed by atoms with E-state index in [2.05, 4.69) is 65.0 Å². The van der Waals surface area contributed by atoms with E-state index >= 15 is 0 Å². The van der Waals surface area contributed by atoms with Crippen LogP contribution in [-0.4, -0.2) is 54.4 Å². The van der Waals surface area contributed by atoms with Gasteiger partial charge in [0.05, 0.1) is 11.7 Å². The molecule has 2 heterocycles. The summed E-state index contributed by atoms with van der Waals surface area (Å²) in [4.78, 5) is 26.8. The number of rotatable bonds is 23. The first-order valence-electron chi connectivity index (χ1n) is 20.5. The van der Waals surface area contributed by atoms with Gasteiger partial charge in [-0.15, -0.1) is 6.58 Å².